The minimum absolute atomic E-state index is 0.0760. The van der Waals surface area contributed by atoms with E-state index >= 15 is 0 Å². The van der Waals surface area contributed by atoms with Crippen molar-refractivity contribution in [1.29, 1.82) is 0 Å². The third-order valence-corrected chi connectivity index (χ3v) is 5.93. The molecule has 0 aliphatic rings. The van der Waals surface area contributed by atoms with Gasteiger partial charge in [0.2, 0.25) is 5.91 Å². The van der Waals surface area contributed by atoms with E-state index in [4.69, 9.17) is 4.74 Å². The second kappa shape index (κ2) is 10.6. The van der Waals surface area contributed by atoms with Crippen LogP contribution in [0, 0.1) is 11.6 Å². The number of hydrogen-bond donors (Lipinski definition) is 2. The van der Waals surface area contributed by atoms with Gasteiger partial charge in [0.25, 0.3) is 5.91 Å². The second-order valence-corrected chi connectivity index (χ2v) is 8.25. The van der Waals surface area contributed by atoms with Crippen LogP contribution in [-0.4, -0.2) is 39.4 Å². The number of nitrogens with one attached hydrogen (secondary N) is 2. The zero-order valence-corrected chi connectivity index (χ0v) is 19.4. The lowest BCUT2D eigenvalue weighted by Gasteiger charge is -2.09. The predicted octanol–water partition coefficient (Wildman–Crippen LogP) is 3.53. The minimum atomic E-state index is -0.885. The summed E-state index contributed by atoms with van der Waals surface area (Å²) in [7, 11) is 3.24. The zero-order valence-electron chi connectivity index (χ0n) is 17.0. The van der Waals surface area contributed by atoms with Gasteiger partial charge >= 0.3 is 0 Å². The zero-order chi connectivity index (χ0) is 23.3. The van der Waals surface area contributed by atoms with E-state index in [1.54, 1.807) is 43.0 Å². The van der Waals surface area contributed by atoms with Crippen LogP contribution in [-0.2, 0) is 18.4 Å². The van der Waals surface area contributed by atoms with E-state index in [0.29, 0.717) is 28.4 Å². The Hall–Kier alpha value is -2.99. The number of ether oxygens (including phenoxy) is 1. The van der Waals surface area contributed by atoms with Crippen LogP contribution >= 0.6 is 27.7 Å². The molecule has 0 fully saturated rings. The molecule has 32 heavy (non-hydrogen) atoms. The van der Waals surface area contributed by atoms with Crippen molar-refractivity contribution >= 4 is 45.2 Å². The molecule has 0 saturated carbocycles. The molecule has 8 nitrogen and oxygen atoms in total. The van der Waals surface area contributed by atoms with Gasteiger partial charge in [-0.1, -0.05) is 11.8 Å². The van der Waals surface area contributed by atoms with E-state index in [1.807, 2.05) is 0 Å². The van der Waals surface area contributed by atoms with Crippen molar-refractivity contribution in [1.82, 2.24) is 20.1 Å². The van der Waals surface area contributed by atoms with Crippen LogP contribution in [0.3, 0.4) is 0 Å². The molecule has 168 valence electrons. The third-order valence-electron chi connectivity index (χ3n) is 4.29. The summed E-state index contributed by atoms with van der Waals surface area (Å²) in [5.41, 5.74) is 0.329. The highest BCUT2D eigenvalue weighted by Crippen LogP contribution is 2.27. The molecular weight excluding hydrogens is 508 g/mol. The maximum Gasteiger partial charge on any atom is 0.251 e. The number of hydrogen-bond acceptors (Lipinski definition) is 6. The summed E-state index contributed by atoms with van der Waals surface area (Å²) in [6.45, 7) is 0.134. The molecule has 0 atom stereocenters. The molecule has 0 aliphatic heterocycles. The molecule has 0 unspecified atom stereocenters. The molecule has 0 radical (unpaired) electrons. The van der Waals surface area contributed by atoms with Crippen LogP contribution in [0.1, 0.15) is 16.2 Å². The van der Waals surface area contributed by atoms with E-state index in [0.717, 1.165) is 17.8 Å². The van der Waals surface area contributed by atoms with Crippen LogP contribution in [0.25, 0.3) is 0 Å². The molecule has 2 aromatic carbocycles. The van der Waals surface area contributed by atoms with Gasteiger partial charge in [0, 0.05) is 23.2 Å². The fraction of sp³-hybridized carbons (Fsp3) is 0.200. The number of carbonyl (C=O) groups excluding carboxylic acids is 2. The number of benzene rings is 2. The Morgan fingerprint density at radius 3 is 2.56 bits per heavy atom. The van der Waals surface area contributed by atoms with Crippen molar-refractivity contribution in [3.8, 4) is 5.75 Å². The molecule has 0 saturated heterocycles. The number of nitrogens with zero attached hydrogens (tertiary/aromatic N) is 3. The second-order valence-electron chi connectivity index (χ2n) is 6.45. The van der Waals surface area contributed by atoms with E-state index in [9.17, 15) is 18.4 Å². The first kappa shape index (κ1) is 23.7. The van der Waals surface area contributed by atoms with Crippen molar-refractivity contribution < 1.29 is 23.1 Å². The van der Waals surface area contributed by atoms with E-state index in [1.165, 1.54) is 0 Å². The highest BCUT2D eigenvalue weighted by atomic mass is 79.9. The SMILES string of the molecule is COc1ccc(C(=O)NCc2nnc(SCC(=O)Nc3c(F)cc(F)cc3Br)n2C)cc1. The normalized spacial score (nSPS) is 10.7. The smallest absolute Gasteiger partial charge is 0.251 e. The van der Waals surface area contributed by atoms with Crippen molar-refractivity contribution in [3.63, 3.8) is 0 Å². The van der Waals surface area contributed by atoms with Crippen LogP contribution < -0.4 is 15.4 Å². The number of thioether (sulfide) groups is 1. The number of amides is 2. The van der Waals surface area contributed by atoms with Gasteiger partial charge in [0.1, 0.15) is 11.6 Å². The Morgan fingerprint density at radius 2 is 1.91 bits per heavy atom. The first-order chi connectivity index (χ1) is 15.3. The quantitative estimate of drug-likeness (QED) is 0.436. The Labute approximate surface area is 194 Å². The van der Waals surface area contributed by atoms with Crippen molar-refractivity contribution in [2.45, 2.75) is 11.7 Å². The molecule has 2 N–H and O–H groups in total. The van der Waals surface area contributed by atoms with Gasteiger partial charge in [-0.25, -0.2) is 8.78 Å². The molecule has 1 heterocycles. The Kier molecular flexibility index (Phi) is 7.80. The number of anilines is 1. The van der Waals surface area contributed by atoms with Gasteiger partial charge in [0.05, 0.1) is 25.1 Å². The van der Waals surface area contributed by atoms with E-state index in [2.05, 4.69) is 36.8 Å². The highest BCUT2D eigenvalue weighted by Gasteiger charge is 2.16. The van der Waals surface area contributed by atoms with Crippen LogP contribution in [0.4, 0.5) is 14.5 Å². The summed E-state index contributed by atoms with van der Waals surface area (Å²) < 4.78 is 33.8. The number of carbonyl (C=O) groups is 2. The molecule has 0 bridgehead atoms. The lowest BCUT2D eigenvalue weighted by molar-refractivity contribution is -0.113. The van der Waals surface area contributed by atoms with Crippen LogP contribution in [0.2, 0.25) is 0 Å². The Bertz CT molecular complexity index is 1120. The molecule has 1 aromatic heterocycles. The van der Waals surface area contributed by atoms with Crippen molar-refractivity contribution in [2.75, 3.05) is 18.2 Å². The summed E-state index contributed by atoms with van der Waals surface area (Å²) in [6.07, 6.45) is 0. The van der Waals surface area contributed by atoms with Gasteiger partial charge in [-0.05, 0) is 46.3 Å². The summed E-state index contributed by atoms with van der Waals surface area (Å²) >= 11 is 4.11. The molecule has 12 heteroatoms. The average Bonchev–Trinajstić information content (AvgIpc) is 3.12. The van der Waals surface area contributed by atoms with Crippen LogP contribution in [0.15, 0.2) is 46.0 Å². The molecule has 3 rings (SSSR count). The third kappa shape index (κ3) is 5.82. The lowest BCUT2D eigenvalue weighted by Crippen LogP contribution is -2.24. The molecular formula is C20H18BrF2N5O3S. The fourth-order valence-corrected chi connectivity index (χ4v) is 3.83. The molecule has 3 aromatic rings. The predicted molar refractivity (Wildman–Crippen MR) is 119 cm³/mol. The summed E-state index contributed by atoms with van der Waals surface area (Å²) in [5.74, 6) is -1.36. The van der Waals surface area contributed by atoms with Gasteiger partial charge < -0.3 is 19.9 Å². The molecule has 0 aliphatic carbocycles. The van der Waals surface area contributed by atoms with Crippen LogP contribution in [0.5, 0.6) is 5.75 Å². The maximum absolute atomic E-state index is 13.9. The Morgan fingerprint density at radius 1 is 1.19 bits per heavy atom. The van der Waals surface area contributed by atoms with Gasteiger partial charge in [-0.2, -0.15) is 0 Å². The fourth-order valence-electron chi connectivity index (χ4n) is 2.60. The van der Waals surface area contributed by atoms with E-state index in [-0.39, 0.29) is 28.4 Å². The molecule has 2 amide bonds. The number of rotatable bonds is 8. The number of halogens is 3. The van der Waals surface area contributed by atoms with Crippen molar-refractivity contribution in [3.05, 3.63) is 63.9 Å². The highest BCUT2D eigenvalue weighted by molar-refractivity contribution is 9.10. The average molecular weight is 526 g/mol. The Balaban J connectivity index is 1.54. The largest absolute Gasteiger partial charge is 0.497 e. The first-order valence-corrected chi connectivity index (χ1v) is 10.9. The van der Waals surface area contributed by atoms with Crippen molar-refractivity contribution in [2.24, 2.45) is 7.05 Å². The van der Waals surface area contributed by atoms with Gasteiger partial charge in [0.15, 0.2) is 16.8 Å². The van der Waals surface area contributed by atoms with Gasteiger partial charge in [-0.15, -0.1) is 10.2 Å². The standard InChI is InChI=1S/C20H18BrF2N5O3S/c1-28-16(9-24-19(30)11-3-5-13(31-2)6-4-11)26-27-20(28)32-10-17(29)25-18-14(21)7-12(22)8-15(18)23/h3-8H,9-10H2,1-2H3,(H,24,30)(H,25,29). The first-order valence-electron chi connectivity index (χ1n) is 9.16. The summed E-state index contributed by atoms with van der Waals surface area (Å²) in [6, 6.07) is 8.41. The minimum Gasteiger partial charge on any atom is -0.497 e. The van der Waals surface area contributed by atoms with E-state index < -0.39 is 17.5 Å². The monoisotopic (exact) mass is 525 g/mol. The lowest BCUT2D eigenvalue weighted by atomic mass is 10.2. The van der Waals surface area contributed by atoms with Gasteiger partial charge in [-0.3, -0.25) is 9.59 Å². The summed E-state index contributed by atoms with van der Waals surface area (Å²) in [5, 5.41) is 13.6. The molecule has 0 spiro atoms. The maximum atomic E-state index is 13.9. The number of methoxy groups -OCH3 is 1. The number of aromatic nitrogens is 3. The topological polar surface area (TPSA) is 98.1 Å². The summed E-state index contributed by atoms with van der Waals surface area (Å²) in [4.78, 5) is 24.4.